The van der Waals surface area contributed by atoms with Crippen LogP contribution in [0.4, 0.5) is 13.2 Å². The summed E-state index contributed by atoms with van der Waals surface area (Å²) in [6.07, 6.45) is -2.43. The summed E-state index contributed by atoms with van der Waals surface area (Å²) in [6.45, 7) is 4.09. The second kappa shape index (κ2) is 3.60. The van der Waals surface area contributed by atoms with Crippen LogP contribution in [-0.4, -0.2) is 34.7 Å². The van der Waals surface area contributed by atoms with E-state index in [1.54, 1.807) is 0 Å². The van der Waals surface area contributed by atoms with Gasteiger partial charge in [-0.05, 0) is 39.5 Å². The first-order chi connectivity index (χ1) is 7.24. The summed E-state index contributed by atoms with van der Waals surface area (Å²) in [5, 5.41) is 0. The van der Waals surface area contributed by atoms with Crippen LogP contribution in [0.15, 0.2) is 0 Å². The number of piperidine rings is 1. The average Bonchev–Trinajstić information content (AvgIpc) is 2.37. The zero-order chi connectivity index (χ0) is 12.1. The first-order valence-corrected chi connectivity index (χ1v) is 5.88. The van der Waals surface area contributed by atoms with Gasteiger partial charge in [0.1, 0.15) is 5.54 Å². The van der Waals surface area contributed by atoms with Gasteiger partial charge in [-0.2, -0.15) is 13.2 Å². The molecule has 2 unspecified atom stereocenters. The quantitative estimate of drug-likeness (QED) is 0.756. The smallest absolute Gasteiger partial charge is 0.318 e. The number of nitrogens with two attached hydrogens (primary N) is 1. The number of rotatable bonds is 1. The van der Waals surface area contributed by atoms with Gasteiger partial charge in [0, 0.05) is 18.1 Å². The first-order valence-electron chi connectivity index (χ1n) is 5.88. The van der Waals surface area contributed by atoms with Crippen molar-refractivity contribution in [2.75, 3.05) is 0 Å². The van der Waals surface area contributed by atoms with Crippen LogP contribution in [0.2, 0.25) is 0 Å². The number of hydrogen-bond donors (Lipinski definition) is 1. The van der Waals surface area contributed by atoms with Crippen LogP contribution in [0.5, 0.6) is 0 Å². The Hall–Kier alpha value is -0.290. The summed E-state index contributed by atoms with van der Waals surface area (Å²) in [4.78, 5) is 2.22. The van der Waals surface area contributed by atoms with Gasteiger partial charge in [-0.1, -0.05) is 0 Å². The predicted molar refractivity (Wildman–Crippen MR) is 56.0 cm³/mol. The molecule has 0 aliphatic carbocycles. The van der Waals surface area contributed by atoms with Gasteiger partial charge in [0.15, 0.2) is 0 Å². The molecule has 16 heavy (non-hydrogen) atoms. The Morgan fingerprint density at radius 1 is 1.19 bits per heavy atom. The van der Waals surface area contributed by atoms with E-state index in [4.69, 9.17) is 5.73 Å². The first kappa shape index (κ1) is 12.2. The topological polar surface area (TPSA) is 29.3 Å². The van der Waals surface area contributed by atoms with Crippen LogP contribution in [-0.2, 0) is 0 Å². The summed E-state index contributed by atoms with van der Waals surface area (Å²) < 4.78 is 38.7. The molecule has 2 atom stereocenters. The number of nitrogens with zero attached hydrogens (tertiary/aromatic N) is 1. The van der Waals surface area contributed by atoms with Gasteiger partial charge in [0.25, 0.3) is 0 Å². The number of fused-ring (bicyclic) bond motifs is 2. The van der Waals surface area contributed by atoms with Crippen molar-refractivity contribution >= 4 is 0 Å². The highest BCUT2D eigenvalue weighted by Crippen LogP contribution is 2.47. The van der Waals surface area contributed by atoms with Crippen LogP contribution in [0, 0.1) is 0 Å². The Bertz CT molecular complexity index is 261. The van der Waals surface area contributed by atoms with Crippen molar-refractivity contribution in [3.05, 3.63) is 0 Å². The highest BCUT2D eigenvalue weighted by Gasteiger charge is 2.59. The van der Waals surface area contributed by atoms with Crippen molar-refractivity contribution in [2.24, 2.45) is 5.73 Å². The third-order valence-electron chi connectivity index (χ3n) is 4.04. The molecule has 0 saturated carbocycles. The normalized spacial score (nSPS) is 40.7. The van der Waals surface area contributed by atoms with Crippen LogP contribution in [0.1, 0.15) is 39.5 Å². The largest absolute Gasteiger partial charge is 0.406 e. The molecular formula is C11H19F3N2. The molecule has 2 aliphatic rings. The minimum Gasteiger partial charge on any atom is -0.318 e. The Labute approximate surface area is 94.0 Å². The van der Waals surface area contributed by atoms with Crippen LogP contribution in [0.3, 0.4) is 0 Å². The van der Waals surface area contributed by atoms with Gasteiger partial charge in [0.05, 0.1) is 0 Å². The molecule has 2 bridgehead atoms. The van der Waals surface area contributed by atoms with Gasteiger partial charge in [-0.3, -0.25) is 4.90 Å². The molecular weight excluding hydrogens is 217 g/mol. The van der Waals surface area contributed by atoms with Crippen LogP contribution in [0.25, 0.3) is 0 Å². The van der Waals surface area contributed by atoms with Crippen molar-refractivity contribution in [3.8, 4) is 0 Å². The average molecular weight is 236 g/mol. The lowest BCUT2D eigenvalue weighted by Gasteiger charge is -2.46. The highest BCUT2D eigenvalue weighted by molar-refractivity contribution is 5.08. The molecule has 94 valence electrons. The van der Waals surface area contributed by atoms with Gasteiger partial charge in [-0.25, -0.2) is 0 Å². The van der Waals surface area contributed by atoms with Gasteiger partial charge < -0.3 is 5.73 Å². The fraction of sp³-hybridized carbons (Fsp3) is 1.00. The van der Waals surface area contributed by atoms with E-state index < -0.39 is 11.7 Å². The SMILES string of the molecule is CC(C)N1C2CCC1CC(N)(C(F)(F)F)C2. The minimum absolute atomic E-state index is 0.0189. The minimum atomic E-state index is -4.27. The van der Waals surface area contributed by atoms with E-state index in [2.05, 4.69) is 4.90 Å². The molecule has 2 fully saturated rings. The lowest BCUT2D eigenvalue weighted by Crippen LogP contribution is -2.63. The molecule has 5 heteroatoms. The van der Waals surface area contributed by atoms with E-state index in [9.17, 15) is 13.2 Å². The van der Waals surface area contributed by atoms with Crippen molar-refractivity contribution in [2.45, 2.75) is 69.4 Å². The molecule has 2 heterocycles. The maximum Gasteiger partial charge on any atom is 0.406 e. The molecule has 2 rings (SSSR count). The summed E-state index contributed by atoms with van der Waals surface area (Å²) in [5.74, 6) is 0. The number of halogens is 3. The standard InChI is InChI=1S/C11H19F3N2/c1-7(2)16-8-3-4-9(16)6-10(15,5-8)11(12,13)14/h7-9H,3-6,15H2,1-2H3. The Kier molecular flexibility index (Phi) is 2.74. The molecule has 2 aliphatic heterocycles. The number of alkyl halides is 3. The Morgan fingerprint density at radius 2 is 1.62 bits per heavy atom. The fourth-order valence-electron chi connectivity index (χ4n) is 3.39. The molecule has 0 amide bonds. The van der Waals surface area contributed by atoms with Gasteiger partial charge in [-0.15, -0.1) is 0 Å². The maximum absolute atomic E-state index is 12.9. The second-order valence-electron chi connectivity index (χ2n) is 5.49. The van der Waals surface area contributed by atoms with E-state index in [1.165, 1.54) is 0 Å². The van der Waals surface area contributed by atoms with Crippen molar-refractivity contribution < 1.29 is 13.2 Å². The van der Waals surface area contributed by atoms with E-state index in [1.807, 2.05) is 13.8 Å². The van der Waals surface area contributed by atoms with Crippen molar-refractivity contribution in [3.63, 3.8) is 0 Å². The van der Waals surface area contributed by atoms with Crippen molar-refractivity contribution in [1.29, 1.82) is 0 Å². The zero-order valence-corrected chi connectivity index (χ0v) is 9.72. The Morgan fingerprint density at radius 3 is 1.94 bits per heavy atom. The van der Waals surface area contributed by atoms with E-state index in [0.29, 0.717) is 6.04 Å². The third-order valence-corrected chi connectivity index (χ3v) is 4.04. The molecule has 2 N–H and O–H groups in total. The van der Waals surface area contributed by atoms with Gasteiger partial charge >= 0.3 is 6.18 Å². The fourth-order valence-corrected chi connectivity index (χ4v) is 3.39. The maximum atomic E-state index is 12.9. The van der Waals surface area contributed by atoms with E-state index >= 15 is 0 Å². The second-order valence-corrected chi connectivity index (χ2v) is 5.49. The molecule has 0 aromatic heterocycles. The molecule has 0 aromatic carbocycles. The highest BCUT2D eigenvalue weighted by atomic mass is 19.4. The summed E-state index contributed by atoms with van der Waals surface area (Å²) in [7, 11) is 0. The zero-order valence-electron chi connectivity index (χ0n) is 9.72. The molecule has 0 spiro atoms. The van der Waals surface area contributed by atoms with Crippen LogP contribution < -0.4 is 5.73 Å². The lowest BCUT2D eigenvalue weighted by atomic mass is 9.82. The number of hydrogen-bond acceptors (Lipinski definition) is 2. The summed E-state index contributed by atoms with van der Waals surface area (Å²) in [6, 6.07) is 0.353. The summed E-state index contributed by atoms with van der Waals surface area (Å²) >= 11 is 0. The van der Waals surface area contributed by atoms with E-state index in [-0.39, 0.29) is 24.9 Å². The Balaban J connectivity index is 2.19. The molecule has 0 aromatic rings. The molecule has 2 saturated heterocycles. The molecule has 2 nitrogen and oxygen atoms in total. The summed E-state index contributed by atoms with van der Waals surface area (Å²) in [5.41, 5.74) is 3.61. The van der Waals surface area contributed by atoms with Crippen molar-refractivity contribution in [1.82, 2.24) is 4.90 Å². The van der Waals surface area contributed by atoms with E-state index in [0.717, 1.165) is 12.8 Å². The van der Waals surface area contributed by atoms with Gasteiger partial charge in [0.2, 0.25) is 0 Å². The predicted octanol–water partition coefficient (Wildman–Crippen LogP) is 2.28. The van der Waals surface area contributed by atoms with Crippen LogP contribution >= 0.6 is 0 Å². The monoisotopic (exact) mass is 236 g/mol. The lowest BCUT2D eigenvalue weighted by molar-refractivity contribution is -0.204. The third kappa shape index (κ3) is 1.74. The molecule has 0 radical (unpaired) electrons.